The molecule has 9 amide bonds. The fourth-order valence-corrected chi connectivity index (χ4v) is 12.7. The summed E-state index contributed by atoms with van der Waals surface area (Å²) >= 11 is 0. The molecule has 0 aliphatic carbocycles. The van der Waals surface area contributed by atoms with E-state index in [1.807, 2.05) is 71.9 Å². The minimum absolute atomic E-state index is 0.00921. The van der Waals surface area contributed by atoms with Gasteiger partial charge in [-0.3, -0.25) is 43.2 Å². The Morgan fingerprint density at radius 2 is 0.699 bits per heavy atom. The molecule has 6 atom stereocenters. The van der Waals surface area contributed by atoms with Crippen LogP contribution < -0.4 is 41.4 Å². The number of carbonyl (C=O) groups is 12. The summed E-state index contributed by atoms with van der Waals surface area (Å²) in [6.45, 7) is 19.7. The summed E-state index contributed by atoms with van der Waals surface area (Å²) in [4.78, 5) is 155. The van der Waals surface area contributed by atoms with E-state index in [4.69, 9.17) is 43.4 Å². The number of ether oxygens (including phenoxy) is 7. The Morgan fingerprint density at radius 1 is 0.353 bits per heavy atom. The number of esters is 3. The van der Waals surface area contributed by atoms with Crippen LogP contribution in [-0.4, -0.2) is 260 Å². The lowest BCUT2D eigenvalue weighted by Gasteiger charge is -2.28. The lowest BCUT2D eigenvalue weighted by atomic mass is 9.89. The molecule has 6 aromatic rings. The van der Waals surface area contributed by atoms with Crippen molar-refractivity contribution in [2.75, 3.05) is 147 Å². The molecule has 0 bridgehead atoms. The number of hydrogen-bond donors (Lipinski definition) is 9. The highest BCUT2D eigenvalue weighted by Crippen LogP contribution is 2.28. The summed E-state index contributed by atoms with van der Waals surface area (Å²) in [5.41, 5.74) is 4.71. The van der Waals surface area contributed by atoms with Gasteiger partial charge in [-0.25, -0.2) is 14.4 Å². The maximum atomic E-state index is 13.1. The molecular weight excluding hydrogens is 1720 g/mol. The molecule has 6 rings (SSSR count). The number of likely N-dealkylation sites (N-methyl/N-ethyl adjacent to an activating group) is 2. The minimum atomic E-state index is -0.582. The first-order valence-corrected chi connectivity index (χ1v) is 44.7. The first-order chi connectivity index (χ1) is 63.8. The maximum absolute atomic E-state index is 13.1. The van der Waals surface area contributed by atoms with Gasteiger partial charge in [0.05, 0.1) is 103 Å². The van der Waals surface area contributed by atoms with Gasteiger partial charge in [0.1, 0.15) is 44.5 Å². The van der Waals surface area contributed by atoms with Gasteiger partial charge in [0, 0.05) is 128 Å². The van der Waals surface area contributed by atoms with Crippen molar-refractivity contribution in [3.8, 4) is 11.5 Å². The van der Waals surface area contributed by atoms with Gasteiger partial charge in [-0.05, 0) is 214 Å². The molecule has 0 aromatic heterocycles. The van der Waals surface area contributed by atoms with Crippen LogP contribution in [-0.2, 0) is 66.8 Å². The molecule has 37 nitrogen and oxygen atoms in total. The second-order valence-corrected chi connectivity index (χ2v) is 31.6. The molecule has 726 valence electrons. The number of azo groups is 3. The minimum Gasteiger partial charge on any atom is -0.491 e. The van der Waals surface area contributed by atoms with Crippen LogP contribution in [0.5, 0.6) is 11.5 Å². The zero-order valence-electron chi connectivity index (χ0n) is 78.8. The number of benzene rings is 6. The van der Waals surface area contributed by atoms with Gasteiger partial charge in [-0.15, -0.1) is 0 Å². The molecule has 0 heterocycles. The summed E-state index contributed by atoms with van der Waals surface area (Å²) in [6.07, 6.45) is 1.74. The fraction of sp³-hybridized carbons (Fsp3) is 0.500. The summed E-state index contributed by atoms with van der Waals surface area (Å²) in [5, 5.41) is 68.6. The molecule has 6 unspecified atom stereocenters. The summed E-state index contributed by atoms with van der Waals surface area (Å²) < 4.78 is 36.8. The van der Waals surface area contributed by atoms with Crippen molar-refractivity contribution < 1.29 is 106 Å². The van der Waals surface area contributed by atoms with Crippen molar-refractivity contribution in [3.05, 3.63) is 168 Å². The SMILES string of the molecule is CC(C)NC(=O)C(C)CC(CCC(=O)NCCOC(=O)c1ccc(N=Nc2ccccc2)cc1)C(=O)NCCO.CCN(CC)C(=O)C(C)CC(CCC(=O)N(C)CCOC(=O)c1ccc(N=Nc2ccc(OCCOC)cc2)cc1)C(=O)N(C)CCO.COCCOc1ccc(N=Nc2ccc(C(=O)OCCNC(=O)CCC(CC(C)C(=O)NC(C)C)C(=O)NCCO)cc2)cc1. The highest BCUT2D eigenvalue weighted by atomic mass is 16.5. The second-order valence-electron chi connectivity index (χ2n) is 31.6. The Hall–Kier alpha value is -12.8. The lowest BCUT2D eigenvalue weighted by molar-refractivity contribution is -0.139. The van der Waals surface area contributed by atoms with Crippen LogP contribution in [0, 0.1) is 35.5 Å². The summed E-state index contributed by atoms with van der Waals surface area (Å²) in [6, 6.07) is 43.0. The third kappa shape index (κ3) is 46.2. The number of aliphatic hydroxyl groups is 3. The van der Waals surface area contributed by atoms with E-state index < -0.39 is 53.4 Å². The highest BCUT2D eigenvalue weighted by Gasteiger charge is 2.31. The second kappa shape index (κ2) is 64.9. The van der Waals surface area contributed by atoms with Gasteiger partial charge in [-0.1, -0.05) is 39.0 Å². The van der Waals surface area contributed by atoms with Crippen molar-refractivity contribution in [1.29, 1.82) is 0 Å². The largest absolute Gasteiger partial charge is 0.491 e. The van der Waals surface area contributed by atoms with Gasteiger partial charge < -0.3 is 95.1 Å². The van der Waals surface area contributed by atoms with Gasteiger partial charge in [0.15, 0.2) is 0 Å². The van der Waals surface area contributed by atoms with E-state index in [0.29, 0.717) is 103 Å². The van der Waals surface area contributed by atoms with Crippen LogP contribution in [0.4, 0.5) is 34.1 Å². The molecule has 6 aromatic carbocycles. The van der Waals surface area contributed by atoms with E-state index in [9.17, 15) is 62.6 Å². The van der Waals surface area contributed by atoms with Crippen LogP contribution in [0.1, 0.15) is 151 Å². The fourth-order valence-electron chi connectivity index (χ4n) is 12.7. The Morgan fingerprint density at radius 3 is 1.05 bits per heavy atom. The van der Waals surface area contributed by atoms with E-state index in [0.717, 1.165) is 5.69 Å². The van der Waals surface area contributed by atoms with E-state index in [1.54, 1.807) is 175 Å². The number of carbonyl (C=O) groups excluding carboxylic acids is 12. The zero-order valence-corrected chi connectivity index (χ0v) is 78.8. The normalized spacial score (nSPS) is 12.4. The smallest absolute Gasteiger partial charge is 0.338 e. The Balaban J connectivity index is 0.000000419. The van der Waals surface area contributed by atoms with Crippen molar-refractivity contribution in [1.82, 2.24) is 46.6 Å². The van der Waals surface area contributed by atoms with Crippen molar-refractivity contribution in [2.45, 2.75) is 132 Å². The Bertz CT molecular complexity index is 4580. The van der Waals surface area contributed by atoms with Crippen LogP contribution in [0.25, 0.3) is 0 Å². The quantitative estimate of drug-likeness (QED) is 0.00741. The molecule has 0 spiro atoms. The first kappa shape index (κ1) is 112. The van der Waals surface area contributed by atoms with E-state index in [1.165, 1.54) is 9.80 Å². The molecule has 0 saturated carbocycles. The third-order valence-corrected chi connectivity index (χ3v) is 20.1. The number of nitrogens with one attached hydrogen (secondary N) is 6. The van der Waals surface area contributed by atoms with Crippen LogP contribution >= 0.6 is 0 Å². The lowest BCUT2D eigenvalue weighted by Crippen LogP contribution is -2.40. The number of rotatable bonds is 57. The Kier molecular flexibility index (Phi) is 54.9. The molecule has 0 aliphatic rings. The van der Waals surface area contributed by atoms with Crippen molar-refractivity contribution in [2.24, 2.45) is 66.2 Å². The Labute approximate surface area is 779 Å². The number of methoxy groups -OCH3 is 2. The predicted octanol–water partition coefficient (Wildman–Crippen LogP) is 11.4. The average molecular weight is 1850 g/mol. The molecule has 0 radical (unpaired) electrons. The molecule has 37 heteroatoms. The number of aliphatic hydroxyl groups excluding tert-OH is 3. The summed E-state index contributed by atoms with van der Waals surface area (Å²) in [7, 11) is 6.43. The molecule has 0 fully saturated rings. The van der Waals surface area contributed by atoms with Crippen molar-refractivity contribution >= 4 is 105 Å². The van der Waals surface area contributed by atoms with E-state index in [2.05, 4.69) is 62.6 Å². The average Bonchev–Trinajstić information content (AvgIpc) is 0.924. The predicted molar refractivity (Wildman–Crippen MR) is 499 cm³/mol. The summed E-state index contributed by atoms with van der Waals surface area (Å²) in [5.74, 6) is -5.18. The van der Waals surface area contributed by atoms with Gasteiger partial charge in [0.2, 0.25) is 53.2 Å². The highest BCUT2D eigenvalue weighted by molar-refractivity contribution is 5.92. The molecular formula is C96H135N15O22. The molecule has 0 saturated heterocycles. The van der Waals surface area contributed by atoms with Crippen LogP contribution in [0.3, 0.4) is 0 Å². The van der Waals surface area contributed by atoms with Crippen molar-refractivity contribution in [3.63, 3.8) is 0 Å². The molecule has 133 heavy (non-hydrogen) atoms. The number of amides is 9. The van der Waals surface area contributed by atoms with E-state index >= 15 is 0 Å². The van der Waals surface area contributed by atoms with Gasteiger partial charge >= 0.3 is 17.9 Å². The standard InChI is InChI=1S/C35H51N5O8.C32H45N5O8.C29H39N5O6/c1-7-40(8-2)33(43)26(3)25-28(34(44)39(5)19-21-41)11-18-32(42)38(4)20-22-48-35(45)27-9-12-29(13-10-27)36-37-30-14-16-31(17-15-30)47-24-23-46-6;1-22(2)35-30(40)23(3)21-25(31(41)34-15-17-38)7-14-29(39)33-16-18-45-32(42)24-5-8-26(9-6-24)36-37-27-10-12-28(13-11-27)44-20-19-43-4;1-20(2)32-27(37)21(3)19-23(28(38)31-15-17-35)11-14-26(36)30-16-18-40-29(39)22-9-12-25(13-10-22)34-33-24-7-5-4-6-8-24/h9-10,12-17,26,28,41H,7-8,11,18-25H2,1-6H3;5-6,8-13,22-23,25,38H,7,14-21H2,1-4H3,(H,33,39)(H,34,41)(H,35,40);4-10,12-13,20-21,23,35H,11,14-19H2,1-3H3,(H,30,36)(H,31,38)(H,32,37). The van der Waals surface area contributed by atoms with Crippen LogP contribution in [0.15, 0.2) is 182 Å². The molecule has 9 N–H and O–H groups in total. The number of nitrogens with zero attached hydrogens (tertiary/aromatic N) is 9. The zero-order chi connectivity index (χ0) is 97.8. The van der Waals surface area contributed by atoms with Crippen LogP contribution in [0.2, 0.25) is 0 Å². The monoisotopic (exact) mass is 1850 g/mol. The van der Waals surface area contributed by atoms with E-state index in [-0.39, 0.29) is 196 Å². The number of hydrogen-bond acceptors (Lipinski definition) is 28. The van der Waals surface area contributed by atoms with Gasteiger partial charge in [-0.2, -0.15) is 30.7 Å². The van der Waals surface area contributed by atoms with Gasteiger partial charge in [0.25, 0.3) is 0 Å². The molecule has 0 aliphatic heterocycles. The maximum Gasteiger partial charge on any atom is 0.338 e. The first-order valence-electron chi connectivity index (χ1n) is 44.7. The topological polar surface area (TPSA) is 486 Å². The third-order valence-electron chi connectivity index (χ3n) is 20.1.